The Morgan fingerprint density at radius 2 is 2.06 bits per heavy atom. The van der Waals surface area contributed by atoms with Gasteiger partial charge in [0.25, 0.3) is 0 Å². The molecule has 31 heavy (non-hydrogen) atoms. The third-order valence-electron chi connectivity index (χ3n) is 5.81. The molecular formula is C25H42N2O4. The van der Waals surface area contributed by atoms with Crippen molar-refractivity contribution in [3.63, 3.8) is 0 Å². The van der Waals surface area contributed by atoms with E-state index in [1.54, 1.807) is 6.08 Å². The summed E-state index contributed by atoms with van der Waals surface area (Å²) in [6.45, 7) is 13.9. The van der Waals surface area contributed by atoms with Gasteiger partial charge in [-0.15, -0.1) is 0 Å². The van der Waals surface area contributed by atoms with Gasteiger partial charge in [0.15, 0.2) is 0 Å². The molecule has 1 fully saturated rings. The van der Waals surface area contributed by atoms with Gasteiger partial charge in [0.1, 0.15) is 5.60 Å². The van der Waals surface area contributed by atoms with Crippen LogP contribution in [0.2, 0.25) is 0 Å². The molecule has 0 aromatic rings. The maximum atomic E-state index is 12.7. The molecule has 4 atom stereocenters. The summed E-state index contributed by atoms with van der Waals surface area (Å²) in [5.41, 5.74) is 0.661. The zero-order valence-corrected chi connectivity index (χ0v) is 19.8. The van der Waals surface area contributed by atoms with Gasteiger partial charge in [0.2, 0.25) is 6.41 Å². The SMILES string of the molecule is C=C/C=C\[C@H](CC)CO[C@H](O)NC1C[C@H](C(=O)OC(C)(C)C)CC=C1N1CCCCC1. The molecule has 0 bridgehead atoms. The standard InChI is InChI=1S/C25H42N2O4/c1-6-8-12-19(7-2)18-30-24(29)26-21-17-20(23(28)31-25(3,4)5)13-14-22(21)27-15-10-9-11-16-27/h6,8,12,14,19-21,24,26,29H,1,7,9-11,13,15-18H2,2-5H3/b12-8-/t19-,20+,21?,24-/m0/s1. The summed E-state index contributed by atoms with van der Waals surface area (Å²) in [5, 5.41) is 13.8. The van der Waals surface area contributed by atoms with E-state index in [-0.39, 0.29) is 23.8 Å². The van der Waals surface area contributed by atoms with Crippen LogP contribution >= 0.6 is 0 Å². The van der Waals surface area contributed by atoms with E-state index in [0.717, 1.165) is 19.5 Å². The molecule has 1 heterocycles. The molecule has 0 spiro atoms. The Balaban J connectivity index is 2.04. The lowest BCUT2D eigenvalue weighted by atomic mass is 9.87. The fourth-order valence-corrected chi connectivity index (χ4v) is 4.12. The number of hydrogen-bond donors (Lipinski definition) is 2. The van der Waals surface area contributed by atoms with Gasteiger partial charge in [0, 0.05) is 24.7 Å². The first-order chi connectivity index (χ1) is 14.7. The smallest absolute Gasteiger partial charge is 0.309 e. The normalized spacial score (nSPS) is 24.5. The molecule has 1 aliphatic carbocycles. The van der Waals surface area contributed by atoms with E-state index in [0.29, 0.717) is 19.4 Å². The molecule has 0 saturated carbocycles. The van der Waals surface area contributed by atoms with E-state index in [1.807, 2.05) is 32.9 Å². The van der Waals surface area contributed by atoms with E-state index >= 15 is 0 Å². The van der Waals surface area contributed by atoms with E-state index in [2.05, 4.69) is 29.8 Å². The number of aliphatic hydroxyl groups is 1. The van der Waals surface area contributed by atoms with E-state index in [4.69, 9.17) is 9.47 Å². The third kappa shape index (κ3) is 8.79. The summed E-state index contributed by atoms with van der Waals surface area (Å²) in [5.74, 6) is -0.187. The van der Waals surface area contributed by atoms with Crippen molar-refractivity contribution < 1.29 is 19.4 Å². The van der Waals surface area contributed by atoms with Crippen LogP contribution in [0.25, 0.3) is 0 Å². The third-order valence-corrected chi connectivity index (χ3v) is 5.81. The van der Waals surface area contributed by atoms with Gasteiger partial charge < -0.3 is 19.5 Å². The number of allylic oxidation sites excluding steroid dienone is 3. The van der Waals surface area contributed by atoms with E-state index < -0.39 is 12.0 Å². The zero-order valence-electron chi connectivity index (χ0n) is 19.8. The largest absolute Gasteiger partial charge is 0.460 e. The van der Waals surface area contributed by atoms with Crippen molar-refractivity contribution in [2.24, 2.45) is 11.8 Å². The van der Waals surface area contributed by atoms with E-state index in [9.17, 15) is 9.90 Å². The molecule has 0 aromatic carbocycles. The predicted molar refractivity (Wildman–Crippen MR) is 124 cm³/mol. The van der Waals surface area contributed by atoms with Crippen molar-refractivity contribution in [1.82, 2.24) is 10.2 Å². The number of esters is 1. The van der Waals surface area contributed by atoms with Crippen molar-refractivity contribution in [2.45, 2.75) is 84.3 Å². The fraction of sp³-hybridized carbons (Fsp3) is 0.720. The monoisotopic (exact) mass is 434 g/mol. The molecule has 0 amide bonds. The number of ether oxygens (including phenoxy) is 2. The molecule has 2 aliphatic rings. The second kappa shape index (κ2) is 12.4. The maximum Gasteiger partial charge on any atom is 0.309 e. The second-order valence-electron chi connectivity index (χ2n) is 9.57. The van der Waals surface area contributed by atoms with Crippen LogP contribution in [0.5, 0.6) is 0 Å². The number of rotatable bonds is 10. The number of piperidine rings is 1. The van der Waals surface area contributed by atoms with Crippen molar-refractivity contribution >= 4 is 5.97 Å². The first kappa shape index (κ1) is 25.6. The number of carbonyl (C=O) groups is 1. The molecule has 176 valence electrons. The van der Waals surface area contributed by atoms with Crippen molar-refractivity contribution in [3.8, 4) is 0 Å². The van der Waals surface area contributed by atoms with Crippen molar-refractivity contribution in [3.05, 3.63) is 36.6 Å². The molecule has 0 radical (unpaired) electrons. The Bertz CT molecular complexity index is 632. The number of likely N-dealkylation sites (tertiary alicyclic amines) is 1. The highest BCUT2D eigenvalue weighted by Gasteiger charge is 2.35. The van der Waals surface area contributed by atoms with Crippen LogP contribution in [-0.4, -0.2) is 53.7 Å². The summed E-state index contributed by atoms with van der Waals surface area (Å²) in [6.07, 6.45) is 12.5. The number of nitrogens with one attached hydrogen (secondary N) is 1. The molecule has 6 heteroatoms. The van der Waals surface area contributed by atoms with Gasteiger partial charge >= 0.3 is 5.97 Å². The summed E-state index contributed by atoms with van der Waals surface area (Å²) in [7, 11) is 0. The lowest BCUT2D eigenvalue weighted by Crippen LogP contribution is -2.49. The van der Waals surface area contributed by atoms with Crippen LogP contribution in [0.4, 0.5) is 0 Å². The Kier molecular flexibility index (Phi) is 10.3. The van der Waals surface area contributed by atoms with Gasteiger partial charge in [-0.05, 0) is 59.3 Å². The first-order valence-corrected chi connectivity index (χ1v) is 11.8. The predicted octanol–water partition coefficient (Wildman–Crippen LogP) is 4.13. The van der Waals surface area contributed by atoms with Crippen LogP contribution in [-0.2, 0) is 14.3 Å². The first-order valence-electron chi connectivity index (χ1n) is 11.8. The highest BCUT2D eigenvalue weighted by atomic mass is 16.6. The van der Waals surface area contributed by atoms with Gasteiger partial charge in [-0.1, -0.05) is 37.8 Å². The van der Waals surface area contributed by atoms with Crippen molar-refractivity contribution in [2.75, 3.05) is 19.7 Å². The molecule has 0 aromatic heterocycles. The topological polar surface area (TPSA) is 71.0 Å². The molecule has 1 saturated heterocycles. The number of hydrogen-bond acceptors (Lipinski definition) is 6. The Morgan fingerprint density at radius 1 is 1.35 bits per heavy atom. The van der Waals surface area contributed by atoms with Crippen LogP contribution in [0.1, 0.15) is 66.2 Å². The molecule has 6 nitrogen and oxygen atoms in total. The minimum Gasteiger partial charge on any atom is -0.460 e. The van der Waals surface area contributed by atoms with Gasteiger partial charge in [-0.3, -0.25) is 10.1 Å². The van der Waals surface area contributed by atoms with Crippen LogP contribution in [0, 0.1) is 11.8 Å². The average Bonchev–Trinajstić information content (AvgIpc) is 2.73. The minimum absolute atomic E-state index is 0.150. The fourth-order valence-electron chi connectivity index (χ4n) is 4.12. The minimum atomic E-state index is -1.10. The summed E-state index contributed by atoms with van der Waals surface area (Å²) in [4.78, 5) is 15.1. The highest BCUT2D eigenvalue weighted by molar-refractivity contribution is 5.73. The Labute approximate surface area is 188 Å². The number of carbonyl (C=O) groups excluding carboxylic acids is 1. The van der Waals surface area contributed by atoms with Gasteiger partial charge in [0.05, 0.1) is 18.6 Å². The molecule has 1 unspecified atom stereocenters. The van der Waals surface area contributed by atoms with Crippen LogP contribution < -0.4 is 5.32 Å². The summed E-state index contributed by atoms with van der Waals surface area (Å²) >= 11 is 0. The van der Waals surface area contributed by atoms with Crippen molar-refractivity contribution in [1.29, 1.82) is 0 Å². The number of nitrogens with zero attached hydrogens (tertiary/aromatic N) is 1. The quantitative estimate of drug-likeness (QED) is 0.306. The van der Waals surface area contributed by atoms with Crippen LogP contribution in [0.3, 0.4) is 0 Å². The Morgan fingerprint density at radius 3 is 2.68 bits per heavy atom. The van der Waals surface area contributed by atoms with Gasteiger partial charge in [-0.25, -0.2) is 0 Å². The molecular weight excluding hydrogens is 392 g/mol. The number of aliphatic hydroxyl groups excluding tert-OH is 1. The average molecular weight is 435 g/mol. The maximum absolute atomic E-state index is 12.7. The molecule has 2 rings (SSSR count). The lowest BCUT2D eigenvalue weighted by molar-refractivity contribution is -0.161. The van der Waals surface area contributed by atoms with E-state index in [1.165, 1.54) is 25.0 Å². The zero-order chi connectivity index (χ0) is 22.9. The van der Waals surface area contributed by atoms with Gasteiger partial charge in [-0.2, -0.15) is 0 Å². The summed E-state index contributed by atoms with van der Waals surface area (Å²) in [6, 6.07) is -0.150. The Hall–Kier alpha value is -1.63. The highest BCUT2D eigenvalue weighted by Crippen LogP contribution is 2.30. The van der Waals surface area contributed by atoms with Crippen LogP contribution in [0.15, 0.2) is 36.6 Å². The molecule has 2 N–H and O–H groups in total. The summed E-state index contributed by atoms with van der Waals surface area (Å²) < 4.78 is 11.3. The lowest BCUT2D eigenvalue weighted by Gasteiger charge is -2.40. The second-order valence-corrected chi connectivity index (χ2v) is 9.57. The molecule has 1 aliphatic heterocycles.